The maximum absolute atomic E-state index is 4.88. The molecule has 0 saturated heterocycles. The molecule has 0 aliphatic heterocycles. The van der Waals surface area contributed by atoms with E-state index in [0.717, 1.165) is 18.2 Å². The fourth-order valence-electron chi connectivity index (χ4n) is 2.17. The molecular formula is C16H31N3S. The van der Waals surface area contributed by atoms with E-state index < -0.39 is 0 Å². The van der Waals surface area contributed by atoms with E-state index in [1.54, 1.807) is 0 Å². The second-order valence-electron chi connectivity index (χ2n) is 7.41. The zero-order valence-electron chi connectivity index (χ0n) is 14.4. The predicted octanol–water partition coefficient (Wildman–Crippen LogP) is 4.25. The first kappa shape index (κ1) is 17.4. The van der Waals surface area contributed by atoms with Gasteiger partial charge in [0.25, 0.3) is 0 Å². The molecule has 1 rings (SSSR count). The lowest BCUT2D eigenvalue weighted by molar-refractivity contribution is 0.418. The van der Waals surface area contributed by atoms with Crippen molar-refractivity contribution in [2.24, 2.45) is 5.41 Å². The van der Waals surface area contributed by atoms with Crippen LogP contribution < -0.4 is 10.2 Å². The summed E-state index contributed by atoms with van der Waals surface area (Å²) in [6, 6.07) is 0.507. The Morgan fingerprint density at radius 1 is 1.20 bits per heavy atom. The van der Waals surface area contributed by atoms with Gasteiger partial charge in [-0.2, -0.15) is 0 Å². The zero-order valence-corrected chi connectivity index (χ0v) is 15.2. The third-order valence-electron chi connectivity index (χ3n) is 2.97. The molecule has 1 heterocycles. The van der Waals surface area contributed by atoms with E-state index in [0.29, 0.717) is 12.0 Å². The van der Waals surface area contributed by atoms with Crippen molar-refractivity contribution in [2.45, 2.75) is 67.0 Å². The molecule has 0 bridgehead atoms. The van der Waals surface area contributed by atoms with Crippen molar-refractivity contribution in [1.29, 1.82) is 0 Å². The molecule has 116 valence electrons. The molecule has 0 atom stereocenters. The molecule has 0 radical (unpaired) electrons. The number of thiazole rings is 1. The molecule has 0 saturated carbocycles. The average Bonchev–Trinajstić information content (AvgIpc) is 2.67. The Hall–Kier alpha value is -0.610. The van der Waals surface area contributed by atoms with E-state index in [1.807, 2.05) is 11.3 Å². The minimum absolute atomic E-state index is 0.286. The second kappa shape index (κ2) is 6.90. The van der Waals surface area contributed by atoms with Crippen LogP contribution >= 0.6 is 11.3 Å². The molecule has 0 aliphatic carbocycles. The highest BCUT2D eigenvalue weighted by Gasteiger charge is 2.20. The van der Waals surface area contributed by atoms with Gasteiger partial charge in [-0.15, -0.1) is 11.3 Å². The molecule has 0 unspecified atom stereocenters. The molecule has 1 aromatic heterocycles. The molecule has 0 amide bonds. The summed E-state index contributed by atoms with van der Waals surface area (Å²) in [6.45, 7) is 17.6. The first-order valence-electron chi connectivity index (χ1n) is 7.54. The van der Waals surface area contributed by atoms with Crippen LogP contribution in [0, 0.1) is 5.41 Å². The van der Waals surface area contributed by atoms with Crippen LogP contribution in [-0.2, 0) is 6.54 Å². The third-order valence-corrected chi connectivity index (χ3v) is 4.16. The Kier molecular flexibility index (Phi) is 6.02. The molecule has 0 aromatic carbocycles. The van der Waals surface area contributed by atoms with Crippen LogP contribution in [0.25, 0.3) is 0 Å². The summed E-state index contributed by atoms with van der Waals surface area (Å²) in [7, 11) is 2.15. The number of hydrogen-bond donors (Lipinski definition) is 1. The molecule has 1 aromatic rings. The van der Waals surface area contributed by atoms with E-state index in [2.05, 4.69) is 65.7 Å². The number of anilines is 1. The maximum atomic E-state index is 4.88. The molecule has 0 aliphatic rings. The Labute approximate surface area is 128 Å². The van der Waals surface area contributed by atoms with Gasteiger partial charge in [0, 0.05) is 31.1 Å². The van der Waals surface area contributed by atoms with Crippen molar-refractivity contribution in [3.63, 3.8) is 0 Å². The highest BCUT2D eigenvalue weighted by molar-refractivity contribution is 7.15. The minimum Gasteiger partial charge on any atom is -0.351 e. The Bertz CT molecular complexity index is 416. The van der Waals surface area contributed by atoms with Gasteiger partial charge < -0.3 is 10.2 Å². The van der Waals surface area contributed by atoms with Gasteiger partial charge in [-0.1, -0.05) is 48.5 Å². The van der Waals surface area contributed by atoms with E-state index in [-0.39, 0.29) is 5.41 Å². The third kappa shape index (κ3) is 5.41. The topological polar surface area (TPSA) is 28.2 Å². The van der Waals surface area contributed by atoms with Gasteiger partial charge >= 0.3 is 0 Å². The lowest BCUT2D eigenvalue weighted by atomic mass is 9.96. The molecule has 1 N–H and O–H groups in total. The van der Waals surface area contributed by atoms with Crippen LogP contribution in [0.4, 0.5) is 5.13 Å². The van der Waals surface area contributed by atoms with Gasteiger partial charge in [-0.25, -0.2) is 4.98 Å². The van der Waals surface area contributed by atoms with Crippen molar-refractivity contribution in [2.75, 3.05) is 18.5 Å². The maximum Gasteiger partial charge on any atom is 0.185 e. The van der Waals surface area contributed by atoms with Crippen LogP contribution in [0.5, 0.6) is 0 Å². The van der Waals surface area contributed by atoms with E-state index in [9.17, 15) is 0 Å². The largest absolute Gasteiger partial charge is 0.351 e. The van der Waals surface area contributed by atoms with E-state index in [4.69, 9.17) is 4.98 Å². The Morgan fingerprint density at radius 2 is 1.80 bits per heavy atom. The highest BCUT2D eigenvalue weighted by Crippen LogP contribution is 2.31. The minimum atomic E-state index is 0.286. The first-order valence-corrected chi connectivity index (χ1v) is 8.36. The van der Waals surface area contributed by atoms with Gasteiger partial charge in [-0.05, 0) is 11.3 Å². The number of rotatable bonds is 6. The van der Waals surface area contributed by atoms with Gasteiger partial charge in [-0.3, -0.25) is 0 Å². The van der Waals surface area contributed by atoms with Crippen LogP contribution in [-0.4, -0.2) is 24.6 Å². The summed E-state index contributed by atoms with van der Waals surface area (Å²) in [5, 5.41) is 4.65. The molecule has 0 spiro atoms. The molecule has 0 fully saturated rings. The molecule has 3 nitrogen and oxygen atoms in total. The van der Waals surface area contributed by atoms with Crippen LogP contribution in [0.2, 0.25) is 0 Å². The molecule has 4 heteroatoms. The fraction of sp³-hybridized carbons (Fsp3) is 0.812. The van der Waals surface area contributed by atoms with Crippen molar-refractivity contribution in [1.82, 2.24) is 10.3 Å². The Balaban J connectivity index is 2.90. The van der Waals surface area contributed by atoms with Crippen LogP contribution in [0.1, 0.15) is 65.0 Å². The second-order valence-corrected chi connectivity index (χ2v) is 8.47. The normalized spacial score (nSPS) is 12.5. The Morgan fingerprint density at radius 3 is 2.25 bits per heavy atom. The van der Waals surface area contributed by atoms with Crippen molar-refractivity contribution >= 4 is 16.5 Å². The number of nitrogens with zero attached hydrogens (tertiary/aromatic N) is 2. The number of hydrogen-bond acceptors (Lipinski definition) is 4. The molecular weight excluding hydrogens is 266 g/mol. The summed E-state index contributed by atoms with van der Waals surface area (Å²) in [5.41, 5.74) is 1.54. The highest BCUT2D eigenvalue weighted by atomic mass is 32.1. The lowest BCUT2D eigenvalue weighted by Crippen LogP contribution is -2.28. The predicted molar refractivity (Wildman–Crippen MR) is 90.9 cm³/mol. The molecule has 20 heavy (non-hydrogen) atoms. The van der Waals surface area contributed by atoms with Gasteiger partial charge in [0.15, 0.2) is 5.13 Å². The summed E-state index contributed by atoms with van der Waals surface area (Å²) >= 11 is 1.83. The summed E-state index contributed by atoms with van der Waals surface area (Å²) in [4.78, 5) is 8.54. The van der Waals surface area contributed by atoms with Crippen molar-refractivity contribution in [3.05, 3.63) is 10.6 Å². The van der Waals surface area contributed by atoms with Crippen molar-refractivity contribution < 1.29 is 0 Å². The van der Waals surface area contributed by atoms with Crippen LogP contribution in [0.3, 0.4) is 0 Å². The SMILES string of the molecule is CC(C)NCc1sc(N(C)CC(C)(C)C)nc1C(C)C. The zero-order chi connectivity index (χ0) is 15.5. The monoisotopic (exact) mass is 297 g/mol. The van der Waals surface area contributed by atoms with Gasteiger partial charge in [0.1, 0.15) is 0 Å². The van der Waals surface area contributed by atoms with Gasteiger partial charge in [0.05, 0.1) is 5.69 Å². The van der Waals surface area contributed by atoms with Gasteiger partial charge in [0.2, 0.25) is 0 Å². The first-order chi connectivity index (χ1) is 9.10. The number of nitrogens with one attached hydrogen (secondary N) is 1. The van der Waals surface area contributed by atoms with Crippen molar-refractivity contribution in [3.8, 4) is 0 Å². The van der Waals surface area contributed by atoms with E-state index in [1.165, 1.54) is 10.6 Å². The van der Waals surface area contributed by atoms with E-state index >= 15 is 0 Å². The summed E-state index contributed by atoms with van der Waals surface area (Å²) in [5.74, 6) is 0.479. The smallest absolute Gasteiger partial charge is 0.185 e. The average molecular weight is 298 g/mol. The van der Waals surface area contributed by atoms with Crippen LogP contribution in [0.15, 0.2) is 0 Å². The standard InChI is InChI=1S/C16H31N3S/c1-11(2)14-13(9-17-12(3)4)20-15(18-14)19(8)10-16(5,6)7/h11-12,17H,9-10H2,1-8H3. The fourth-order valence-corrected chi connectivity index (χ4v) is 3.29. The number of aromatic nitrogens is 1. The quantitative estimate of drug-likeness (QED) is 0.851. The lowest BCUT2D eigenvalue weighted by Gasteiger charge is -2.26. The summed E-state index contributed by atoms with van der Waals surface area (Å²) in [6.07, 6.45) is 0. The summed E-state index contributed by atoms with van der Waals surface area (Å²) < 4.78 is 0.